The average Bonchev–Trinajstić information content (AvgIpc) is 2.88. The van der Waals surface area contributed by atoms with E-state index in [1.54, 1.807) is 24.4 Å². The highest BCUT2D eigenvalue weighted by Crippen LogP contribution is 2.38. The van der Waals surface area contributed by atoms with Crippen molar-refractivity contribution in [3.63, 3.8) is 0 Å². The second-order valence-corrected chi connectivity index (χ2v) is 10.2. The molecule has 0 aliphatic rings. The second-order valence-electron chi connectivity index (χ2n) is 9.82. The molecule has 3 aromatic carbocycles. The summed E-state index contributed by atoms with van der Waals surface area (Å²) < 4.78 is 0. The molecule has 1 aromatic heterocycles. The number of hydrogen-bond donors (Lipinski definition) is 4. The number of pyridine rings is 1. The number of fused-ring (bicyclic) bond motifs is 1. The minimum absolute atomic E-state index is 0.0195. The monoisotopic (exact) mass is 502 g/mol. The molecule has 0 radical (unpaired) electrons. The van der Waals surface area contributed by atoms with Crippen LogP contribution in [0.1, 0.15) is 49.1 Å². The first-order valence-corrected chi connectivity index (χ1v) is 12.2. The average molecular weight is 503 g/mol. The first kappa shape index (κ1) is 25.5. The van der Waals surface area contributed by atoms with Crippen molar-refractivity contribution in [3.05, 3.63) is 100 Å². The Labute approximate surface area is 216 Å². The van der Waals surface area contributed by atoms with Gasteiger partial charge in [0.25, 0.3) is 0 Å². The number of nitrogens with two attached hydrogens (primary N) is 1. The molecular weight excluding hydrogens is 472 g/mol. The van der Waals surface area contributed by atoms with Gasteiger partial charge in [-0.25, -0.2) is 0 Å². The van der Waals surface area contributed by atoms with Crippen molar-refractivity contribution in [2.24, 2.45) is 5.73 Å². The number of anilines is 1. The van der Waals surface area contributed by atoms with Crippen molar-refractivity contribution in [1.29, 1.82) is 0 Å². The summed E-state index contributed by atoms with van der Waals surface area (Å²) in [4.78, 5) is 17.4. The minimum Gasteiger partial charge on any atom is -0.505 e. The third-order valence-electron chi connectivity index (χ3n) is 6.21. The fourth-order valence-corrected chi connectivity index (χ4v) is 4.37. The Morgan fingerprint density at radius 2 is 1.78 bits per heavy atom. The van der Waals surface area contributed by atoms with E-state index in [2.05, 4.69) is 48.5 Å². The number of phenols is 1. The number of nitrogens with one attached hydrogen (secondary N) is 2. The number of amides is 1. The number of carbonyl (C=O) groups excluding carboxylic acids is 1. The highest BCUT2D eigenvalue weighted by molar-refractivity contribution is 6.35. The number of benzene rings is 3. The van der Waals surface area contributed by atoms with Crippen molar-refractivity contribution in [2.45, 2.75) is 38.8 Å². The van der Waals surface area contributed by atoms with E-state index < -0.39 is 6.04 Å². The van der Waals surface area contributed by atoms with Gasteiger partial charge in [0.2, 0.25) is 5.91 Å². The normalized spacial score (nSPS) is 12.4. The fourth-order valence-electron chi connectivity index (χ4n) is 4.10. The first-order valence-electron chi connectivity index (χ1n) is 11.9. The fraction of sp³-hybridized carbons (Fsp3) is 0.241. The van der Waals surface area contributed by atoms with Crippen LogP contribution in [0.4, 0.5) is 5.69 Å². The summed E-state index contributed by atoms with van der Waals surface area (Å²) in [6.45, 7) is 6.95. The van der Waals surface area contributed by atoms with Crippen LogP contribution in [0, 0.1) is 0 Å². The van der Waals surface area contributed by atoms with E-state index in [4.69, 9.17) is 17.3 Å². The summed E-state index contributed by atoms with van der Waals surface area (Å²) in [5.74, 6) is -0.256. The molecule has 6 nitrogen and oxygen atoms in total. The number of hydrogen-bond acceptors (Lipinski definition) is 5. The quantitative estimate of drug-likeness (QED) is 0.261. The van der Waals surface area contributed by atoms with E-state index in [9.17, 15) is 9.90 Å². The van der Waals surface area contributed by atoms with Crippen LogP contribution in [0.5, 0.6) is 5.75 Å². The molecule has 7 heteroatoms. The number of aromatic nitrogens is 1. The molecule has 1 unspecified atom stereocenters. The Morgan fingerprint density at radius 1 is 1.08 bits per heavy atom. The van der Waals surface area contributed by atoms with Gasteiger partial charge in [-0.05, 0) is 52.4 Å². The molecule has 0 aliphatic heterocycles. The lowest BCUT2D eigenvalue weighted by atomic mass is 9.87. The smallest absolute Gasteiger partial charge is 0.240 e. The van der Waals surface area contributed by atoms with E-state index in [0.717, 1.165) is 16.8 Å². The predicted octanol–water partition coefficient (Wildman–Crippen LogP) is 5.67. The zero-order chi connectivity index (χ0) is 25.9. The Morgan fingerprint density at radius 3 is 2.42 bits per heavy atom. The van der Waals surface area contributed by atoms with Crippen LogP contribution >= 0.6 is 11.6 Å². The van der Waals surface area contributed by atoms with Crippen LogP contribution in [0.25, 0.3) is 10.9 Å². The van der Waals surface area contributed by atoms with Crippen LogP contribution in [-0.4, -0.2) is 22.5 Å². The van der Waals surface area contributed by atoms with Gasteiger partial charge in [-0.15, -0.1) is 0 Å². The number of halogens is 1. The second kappa shape index (κ2) is 10.6. The molecule has 4 rings (SSSR count). The first-order chi connectivity index (χ1) is 17.2. The Balaban J connectivity index is 1.61. The van der Waals surface area contributed by atoms with Crippen LogP contribution in [0.3, 0.4) is 0 Å². The Hall–Kier alpha value is -3.61. The molecule has 0 aliphatic carbocycles. The summed E-state index contributed by atoms with van der Waals surface area (Å²) >= 11 is 6.54. The topological polar surface area (TPSA) is 100 Å². The molecule has 0 saturated carbocycles. The molecule has 1 amide bonds. The van der Waals surface area contributed by atoms with Gasteiger partial charge in [-0.3, -0.25) is 9.78 Å². The maximum atomic E-state index is 13.1. The molecule has 0 fully saturated rings. The summed E-state index contributed by atoms with van der Waals surface area (Å²) in [7, 11) is 0. The van der Waals surface area contributed by atoms with Crippen LogP contribution in [0.2, 0.25) is 5.02 Å². The highest BCUT2D eigenvalue weighted by Gasteiger charge is 2.23. The molecule has 0 saturated heterocycles. The van der Waals surface area contributed by atoms with Crippen LogP contribution in [-0.2, 0) is 16.8 Å². The molecule has 0 spiro atoms. The van der Waals surface area contributed by atoms with Gasteiger partial charge in [0, 0.05) is 29.4 Å². The SMILES string of the molecule is CC(C)(C)c1ccc(NCC(=O)NC(c2ccc(CN)cc2)c2cc(Cl)c3cccnc3c2O)cc1. The Bertz CT molecular complexity index is 1360. The largest absolute Gasteiger partial charge is 0.505 e. The van der Waals surface area contributed by atoms with Gasteiger partial charge < -0.3 is 21.5 Å². The van der Waals surface area contributed by atoms with Gasteiger partial charge in [-0.2, -0.15) is 0 Å². The molecular formula is C29H31ClN4O2. The van der Waals surface area contributed by atoms with Crippen LogP contribution in [0.15, 0.2) is 72.9 Å². The third kappa shape index (κ3) is 5.61. The van der Waals surface area contributed by atoms with E-state index in [1.807, 2.05) is 36.4 Å². The third-order valence-corrected chi connectivity index (χ3v) is 6.53. The summed E-state index contributed by atoms with van der Waals surface area (Å²) in [6, 6.07) is 20.2. The van der Waals surface area contributed by atoms with Gasteiger partial charge in [-0.1, -0.05) is 68.8 Å². The van der Waals surface area contributed by atoms with Crippen LogP contribution < -0.4 is 16.4 Å². The lowest BCUT2D eigenvalue weighted by Crippen LogP contribution is -2.34. The van der Waals surface area contributed by atoms with E-state index in [1.165, 1.54) is 5.56 Å². The van der Waals surface area contributed by atoms with E-state index in [0.29, 0.717) is 28.0 Å². The van der Waals surface area contributed by atoms with Crippen molar-refractivity contribution in [1.82, 2.24) is 10.3 Å². The predicted molar refractivity (Wildman–Crippen MR) is 146 cm³/mol. The molecule has 1 atom stereocenters. The lowest BCUT2D eigenvalue weighted by Gasteiger charge is -2.23. The van der Waals surface area contributed by atoms with E-state index >= 15 is 0 Å². The number of aromatic hydroxyl groups is 1. The minimum atomic E-state index is -0.640. The summed E-state index contributed by atoms with van der Waals surface area (Å²) in [5.41, 5.74) is 10.5. The standard InChI is InChI=1S/C29H31ClN4O2/c1-29(2,3)20-10-12-21(13-11-20)33-17-25(35)34-26(19-8-6-18(16-31)7-9-19)23-15-24(30)22-5-4-14-32-27(22)28(23)36/h4-15,26,33,36H,16-17,31H2,1-3H3,(H,34,35). The number of carbonyl (C=O) groups is 1. The van der Waals surface area contributed by atoms with Crippen molar-refractivity contribution >= 4 is 34.1 Å². The molecule has 5 N–H and O–H groups in total. The van der Waals surface area contributed by atoms with Gasteiger partial charge >= 0.3 is 0 Å². The zero-order valence-electron chi connectivity index (χ0n) is 20.7. The van der Waals surface area contributed by atoms with Crippen molar-refractivity contribution in [3.8, 4) is 5.75 Å². The zero-order valence-corrected chi connectivity index (χ0v) is 21.4. The maximum absolute atomic E-state index is 13.1. The molecule has 0 bridgehead atoms. The number of rotatable bonds is 7. The molecule has 36 heavy (non-hydrogen) atoms. The number of nitrogens with zero attached hydrogens (tertiary/aromatic N) is 1. The Kier molecular flexibility index (Phi) is 7.48. The van der Waals surface area contributed by atoms with Crippen molar-refractivity contribution in [2.75, 3.05) is 11.9 Å². The number of phenolic OH excluding ortho intramolecular Hbond substituents is 1. The molecule has 1 heterocycles. The van der Waals surface area contributed by atoms with Crippen molar-refractivity contribution < 1.29 is 9.90 Å². The molecule has 186 valence electrons. The highest BCUT2D eigenvalue weighted by atomic mass is 35.5. The van der Waals surface area contributed by atoms with Gasteiger partial charge in [0.05, 0.1) is 17.6 Å². The summed E-state index contributed by atoms with van der Waals surface area (Å²) in [6.07, 6.45) is 1.60. The maximum Gasteiger partial charge on any atom is 0.240 e. The van der Waals surface area contributed by atoms with Gasteiger partial charge in [0.15, 0.2) is 0 Å². The van der Waals surface area contributed by atoms with Gasteiger partial charge in [0.1, 0.15) is 11.3 Å². The lowest BCUT2D eigenvalue weighted by molar-refractivity contribution is -0.119. The summed E-state index contributed by atoms with van der Waals surface area (Å²) in [5, 5.41) is 18.4. The molecule has 4 aromatic rings. The van der Waals surface area contributed by atoms with E-state index in [-0.39, 0.29) is 23.6 Å².